The first kappa shape index (κ1) is 12.9. The fourth-order valence-electron chi connectivity index (χ4n) is 2.37. The van der Waals surface area contributed by atoms with Gasteiger partial charge in [-0.25, -0.2) is 4.98 Å². The predicted molar refractivity (Wildman–Crippen MR) is 77.4 cm³/mol. The first-order valence-corrected chi connectivity index (χ1v) is 6.76. The first-order chi connectivity index (χ1) is 9.69. The highest BCUT2D eigenvalue weighted by atomic mass is 16.3. The highest BCUT2D eigenvalue weighted by Crippen LogP contribution is 2.20. The van der Waals surface area contributed by atoms with Gasteiger partial charge in [-0.3, -0.25) is 4.68 Å². The van der Waals surface area contributed by atoms with E-state index in [4.69, 9.17) is 0 Å². The Bertz CT molecular complexity index is 726. The smallest absolute Gasteiger partial charge is 0.140 e. The van der Waals surface area contributed by atoms with Gasteiger partial charge >= 0.3 is 0 Å². The van der Waals surface area contributed by atoms with Crippen LogP contribution in [0.2, 0.25) is 0 Å². The molecule has 0 saturated heterocycles. The number of rotatable bonds is 4. The third kappa shape index (κ3) is 2.20. The molecule has 104 valence electrons. The lowest BCUT2D eigenvalue weighted by Crippen LogP contribution is -2.04. The van der Waals surface area contributed by atoms with Crippen LogP contribution >= 0.6 is 0 Å². The van der Waals surface area contributed by atoms with Crippen molar-refractivity contribution >= 4 is 11.0 Å². The maximum Gasteiger partial charge on any atom is 0.140 e. The van der Waals surface area contributed by atoms with Crippen molar-refractivity contribution in [1.82, 2.24) is 19.3 Å². The molecule has 3 aromatic rings. The molecule has 0 radical (unpaired) electrons. The standard InChI is InChI=1S/C15H18N4O/c1-11(2)19-7-5-13(17-19)9-18-8-12(10-20)14-4-3-6-16-15(14)18/h3-8,11,20H,9-10H2,1-2H3. The van der Waals surface area contributed by atoms with Crippen LogP contribution < -0.4 is 0 Å². The average molecular weight is 270 g/mol. The fourth-order valence-corrected chi connectivity index (χ4v) is 2.37. The molecule has 0 aromatic carbocycles. The van der Waals surface area contributed by atoms with E-state index in [1.807, 2.05) is 39.8 Å². The summed E-state index contributed by atoms with van der Waals surface area (Å²) in [4.78, 5) is 4.41. The van der Waals surface area contributed by atoms with E-state index in [2.05, 4.69) is 23.9 Å². The highest BCUT2D eigenvalue weighted by Gasteiger charge is 2.10. The summed E-state index contributed by atoms with van der Waals surface area (Å²) in [5.41, 5.74) is 2.78. The summed E-state index contributed by atoms with van der Waals surface area (Å²) in [6.45, 7) is 4.89. The molecule has 0 aliphatic heterocycles. The van der Waals surface area contributed by atoms with Crippen molar-refractivity contribution in [2.24, 2.45) is 0 Å². The molecule has 5 heteroatoms. The molecule has 3 aromatic heterocycles. The number of aromatic nitrogens is 4. The lowest BCUT2D eigenvalue weighted by Gasteiger charge is -2.04. The van der Waals surface area contributed by atoms with Crippen LogP contribution in [0, 0.1) is 0 Å². The molecule has 1 N–H and O–H groups in total. The van der Waals surface area contributed by atoms with Gasteiger partial charge in [0.2, 0.25) is 0 Å². The number of aliphatic hydroxyl groups excluding tert-OH is 1. The van der Waals surface area contributed by atoms with Crippen LogP contribution in [0.25, 0.3) is 11.0 Å². The Balaban J connectivity index is 1.97. The van der Waals surface area contributed by atoms with Gasteiger partial charge in [0, 0.05) is 35.6 Å². The Hall–Kier alpha value is -2.14. The molecule has 0 saturated carbocycles. The number of fused-ring (bicyclic) bond motifs is 1. The topological polar surface area (TPSA) is 55.9 Å². The summed E-state index contributed by atoms with van der Waals surface area (Å²) >= 11 is 0. The second-order valence-electron chi connectivity index (χ2n) is 5.20. The monoisotopic (exact) mass is 270 g/mol. The van der Waals surface area contributed by atoms with Crippen LogP contribution in [-0.2, 0) is 13.2 Å². The zero-order valence-electron chi connectivity index (χ0n) is 11.7. The summed E-state index contributed by atoms with van der Waals surface area (Å²) in [6, 6.07) is 6.25. The zero-order valence-corrected chi connectivity index (χ0v) is 11.7. The lowest BCUT2D eigenvalue weighted by molar-refractivity contribution is 0.283. The van der Waals surface area contributed by atoms with E-state index in [0.29, 0.717) is 12.6 Å². The molecule has 5 nitrogen and oxygen atoms in total. The molecule has 0 spiro atoms. The molecule has 0 amide bonds. The van der Waals surface area contributed by atoms with Crippen LogP contribution in [0.1, 0.15) is 31.1 Å². The van der Waals surface area contributed by atoms with Gasteiger partial charge < -0.3 is 9.67 Å². The Kier molecular flexibility index (Phi) is 3.28. The molecule has 20 heavy (non-hydrogen) atoms. The molecule has 0 unspecified atom stereocenters. The minimum atomic E-state index is 0.0234. The molecule has 0 bridgehead atoms. The third-order valence-corrected chi connectivity index (χ3v) is 3.41. The van der Waals surface area contributed by atoms with E-state index >= 15 is 0 Å². The van der Waals surface area contributed by atoms with Gasteiger partial charge in [-0.15, -0.1) is 0 Å². The molecule has 0 aliphatic carbocycles. The van der Waals surface area contributed by atoms with Crippen molar-refractivity contribution in [3.05, 3.63) is 48.0 Å². The summed E-state index contributed by atoms with van der Waals surface area (Å²) < 4.78 is 3.98. The van der Waals surface area contributed by atoms with Crippen LogP contribution in [0.15, 0.2) is 36.8 Å². The molecule has 0 fully saturated rings. The highest BCUT2D eigenvalue weighted by molar-refractivity contribution is 5.80. The largest absolute Gasteiger partial charge is 0.392 e. The predicted octanol–water partition coefficient (Wildman–Crippen LogP) is 2.35. The van der Waals surface area contributed by atoms with E-state index in [9.17, 15) is 5.11 Å². The van der Waals surface area contributed by atoms with Crippen LogP contribution in [0.4, 0.5) is 0 Å². The molecular weight excluding hydrogens is 252 g/mol. The Labute approximate surface area is 117 Å². The quantitative estimate of drug-likeness (QED) is 0.791. The normalized spacial score (nSPS) is 11.6. The molecule has 0 aliphatic rings. The third-order valence-electron chi connectivity index (χ3n) is 3.41. The Morgan fingerprint density at radius 1 is 1.30 bits per heavy atom. The van der Waals surface area contributed by atoms with E-state index in [-0.39, 0.29) is 6.61 Å². The van der Waals surface area contributed by atoms with E-state index in [0.717, 1.165) is 22.3 Å². The second-order valence-corrected chi connectivity index (χ2v) is 5.20. The van der Waals surface area contributed by atoms with Crippen molar-refractivity contribution in [3.63, 3.8) is 0 Å². The summed E-state index contributed by atoms with van der Waals surface area (Å²) in [5, 5.41) is 15.0. The van der Waals surface area contributed by atoms with E-state index in [1.165, 1.54) is 0 Å². The van der Waals surface area contributed by atoms with Crippen LogP contribution in [0.3, 0.4) is 0 Å². The number of hydrogen-bond donors (Lipinski definition) is 1. The lowest BCUT2D eigenvalue weighted by atomic mass is 10.2. The van der Waals surface area contributed by atoms with Crippen molar-refractivity contribution < 1.29 is 5.11 Å². The molecule has 0 atom stereocenters. The van der Waals surface area contributed by atoms with Crippen molar-refractivity contribution in [1.29, 1.82) is 0 Å². The molecule has 3 rings (SSSR count). The van der Waals surface area contributed by atoms with Gasteiger partial charge in [0.1, 0.15) is 5.65 Å². The van der Waals surface area contributed by atoms with Crippen LogP contribution in [0.5, 0.6) is 0 Å². The maximum absolute atomic E-state index is 9.43. The fraction of sp³-hybridized carbons (Fsp3) is 0.333. The van der Waals surface area contributed by atoms with Gasteiger partial charge in [0.15, 0.2) is 0 Å². The van der Waals surface area contributed by atoms with E-state index < -0.39 is 0 Å². The summed E-state index contributed by atoms with van der Waals surface area (Å²) in [5.74, 6) is 0. The summed E-state index contributed by atoms with van der Waals surface area (Å²) in [6.07, 6.45) is 5.71. The SMILES string of the molecule is CC(C)n1ccc(Cn2cc(CO)c3cccnc32)n1. The minimum Gasteiger partial charge on any atom is -0.392 e. The second kappa shape index (κ2) is 5.09. The zero-order chi connectivity index (χ0) is 14.1. The van der Waals surface area contributed by atoms with Gasteiger partial charge in [-0.05, 0) is 32.0 Å². The van der Waals surface area contributed by atoms with Crippen LogP contribution in [-0.4, -0.2) is 24.4 Å². The minimum absolute atomic E-state index is 0.0234. The first-order valence-electron chi connectivity index (χ1n) is 6.76. The van der Waals surface area contributed by atoms with Crippen molar-refractivity contribution in [2.75, 3.05) is 0 Å². The average Bonchev–Trinajstić information content (AvgIpc) is 3.05. The Morgan fingerprint density at radius 2 is 2.15 bits per heavy atom. The van der Waals surface area contributed by atoms with Gasteiger partial charge in [-0.1, -0.05) is 0 Å². The molecule has 3 heterocycles. The number of hydrogen-bond acceptors (Lipinski definition) is 3. The van der Waals surface area contributed by atoms with Gasteiger partial charge in [0.25, 0.3) is 0 Å². The van der Waals surface area contributed by atoms with Gasteiger partial charge in [-0.2, -0.15) is 5.10 Å². The number of pyridine rings is 1. The number of nitrogens with zero attached hydrogens (tertiary/aromatic N) is 4. The Morgan fingerprint density at radius 3 is 2.85 bits per heavy atom. The van der Waals surface area contributed by atoms with Crippen molar-refractivity contribution in [3.8, 4) is 0 Å². The van der Waals surface area contributed by atoms with Crippen molar-refractivity contribution in [2.45, 2.75) is 33.0 Å². The number of aliphatic hydroxyl groups is 1. The maximum atomic E-state index is 9.43. The van der Waals surface area contributed by atoms with E-state index in [1.54, 1.807) is 6.20 Å². The summed E-state index contributed by atoms with van der Waals surface area (Å²) in [7, 11) is 0. The van der Waals surface area contributed by atoms with Gasteiger partial charge in [0.05, 0.1) is 18.8 Å². The molecular formula is C15H18N4O.